The Labute approximate surface area is 152 Å². The number of rotatable bonds is 3. The molecule has 27 heavy (non-hydrogen) atoms. The van der Waals surface area contributed by atoms with Gasteiger partial charge in [-0.3, -0.25) is 14.7 Å². The topological polar surface area (TPSA) is 85.6 Å². The van der Waals surface area contributed by atoms with Gasteiger partial charge in [0.1, 0.15) is 5.82 Å². The van der Waals surface area contributed by atoms with Gasteiger partial charge in [0.2, 0.25) is 0 Å². The van der Waals surface area contributed by atoms with Gasteiger partial charge in [-0.15, -0.1) is 0 Å². The van der Waals surface area contributed by atoms with Gasteiger partial charge in [-0.05, 0) is 37.6 Å². The minimum Gasteiger partial charge on any atom is -0.305 e. The van der Waals surface area contributed by atoms with Crippen molar-refractivity contribution in [1.29, 1.82) is 0 Å². The second-order valence-electron chi connectivity index (χ2n) is 6.26. The fourth-order valence-corrected chi connectivity index (χ4v) is 3.31. The van der Waals surface area contributed by atoms with Crippen molar-refractivity contribution in [3.63, 3.8) is 0 Å². The van der Waals surface area contributed by atoms with Crippen LogP contribution >= 0.6 is 0 Å². The van der Waals surface area contributed by atoms with E-state index in [1.807, 2.05) is 6.92 Å². The molecule has 4 aromatic rings. The number of aromatic amines is 1. The molecule has 0 spiro atoms. The third-order valence-electron chi connectivity index (χ3n) is 4.64. The number of hydrogen-bond acceptors (Lipinski definition) is 4. The van der Waals surface area contributed by atoms with Gasteiger partial charge in [-0.2, -0.15) is 4.68 Å². The van der Waals surface area contributed by atoms with Crippen LogP contribution in [0.3, 0.4) is 0 Å². The molecule has 0 aliphatic heterocycles. The third kappa shape index (κ3) is 2.75. The van der Waals surface area contributed by atoms with Gasteiger partial charge in [0.15, 0.2) is 0 Å². The molecule has 7 nitrogen and oxygen atoms in total. The summed E-state index contributed by atoms with van der Waals surface area (Å²) >= 11 is 0. The standard InChI is InChI=1S/C19H16FN5O2/c1-11(13-4-6-14(20)7-5-13)24-12(2)17-15(10-16(24)26)23-25(18(17)27)19-21-8-3-9-22-19/h3-11,23H,1-2H3. The van der Waals surface area contributed by atoms with E-state index in [1.165, 1.54) is 39.8 Å². The maximum absolute atomic E-state index is 13.2. The number of halogens is 1. The summed E-state index contributed by atoms with van der Waals surface area (Å²) in [5.74, 6) is -0.148. The Hall–Kier alpha value is -3.55. The number of fused-ring (bicyclic) bond motifs is 1. The Kier molecular flexibility index (Phi) is 3.95. The van der Waals surface area contributed by atoms with E-state index in [9.17, 15) is 14.0 Å². The van der Waals surface area contributed by atoms with Crippen molar-refractivity contribution in [2.24, 2.45) is 0 Å². The van der Waals surface area contributed by atoms with Crippen LogP contribution in [0, 0.1) is 12.7 Å². The van der Waals surface area contributed by atoms with E-state index in [0.29, 0.717) is 16.6 Å². The van der Waals surface area contributed by atoms with Crippen LogP contribution in [0.2, 0.25) is 0 Å². The van der Waals surface area contributed by atoms with E-state index >= 15 is 0 Å². The number of pyridine rings is 1. The van der Waals surface area contributed by atoms with Crippen LogP contribution in [0.5, 0.6) is 0 Å². The zero-order valence-corrected chi connectivity index (χ0v) is 14.7. The molecule has 1 N–H and O–H groups in total. The Morgan fingerprint density at radius 3 is 2.44 bits per heavy atom. The first-order chi connectivity index (χ1) is 13.0. The maximum Gasteiger partial charge on any atom is 0.283 e. The molecule has 0 aliphatic rings. The van der Waals surface area contributed by atoms with Crippen molar-refractivity contribution in [2.75, 3.05) is 0 Å². The number of benzene rings is 1. The molecule has 0 fully saturated rings. The predicted molar refractivity (Wildman–Crippen MR) is 98.7 cm³/mol. The minimum atomic E-state index is -0.363. The zero-order chi connectivity index (χ0) is 19.1. The molecule has 1 aromatic carbocycles. The van der Waals surface area contributed by atoms with Crippen LogP contribution in [0.25, 0.3) is 16.9 Å². The molecular weight excluding hydrogens is 349 g/mol. The van der Waals surface area contributed by atoms with Crippen molar-refractivity contribution in [2.45, 2.75) is 19.9 Å². The summed E-state index contributed by atoms with van der Waals surface area (Å²) in [6, 6.07) is 8.62. The number of H-pyrrole nitrogens is 1. The van der Waals surface area contributed by atoms with Gasteiger partial charge >= 0.3 is 0 Å². The van der Waals surface area contributed by atoms with Crippen molar-refractivity contribution in [3.8, 4) is 5.95 Å². The quantitative estimate of drug-likeness (QED) is 0.604. The first-order valence-corrected chi connectivity index (χ1v) is 8.37. The monoisotopic (exact) mass is 365 g/mol. The first-order valence-electron chi connectivity index (χ1n) is 8.37. The summed E-state index contributed by atoms with van der Waals surface area (Å²) < 4.78 is 15.9. The fourth-order valence-electron chi connectivity index (χ4n) is 3.31. The fraction of sp³-hybridized carbons (Fsp3) is 0.158. The molecule has 1 unspecified atom stereocenters. The van der Waals surface area contributed by atoms with E-state index in [0.717, 1.165) is 5.56 Å². The van der Waals surface area contributed by atoms with Crippen molar-refractivity contribution in [1.82, 2.24) is 24.3 Å². The molecule has 3 aromatic heterocycles. The first kappa shape index (κ1) is 16.9. The number of nitrogens with one attached hydrogen (secondary N) is 1. The molecule has 136 valence electrons. The van der Waals surface area contributed by atoms with Gasteiger partial charge in [-0.25, -0.2) is 14.4 Å². The lowest BCUT2D eigenvalue weighted by Crippen LogP contribution is -2.26. The molecule has 0 amide bonds. The average molecular weight is 365 g/mol. The molecular formula is C19H16FN5O2. The Morgan fingerprint density at radius 2 is 1.78 bits per heavy atom. The van der Waals surface area contributed by atoms with Crippen LogP contribution < -0.4 is 11.1 Å². The molecule has 1 atom stereocenters. The van der Waals surface area contributed by atoms with Gasteiger partial charge < -0.3 is 4.57 Å². The highest BCUT2D eigenvalue weighted by Crippen LogP contribution is 2.21. The minimum absolute atomic E-state index is 0.198. The summed E-state index contributed by atoms with van der Waals surface area (Å²) in [6.45, 7) is 3.55. The maximum atomic E-state index is 13.2. The largest absolute Gasteiger partial charge is 0.305 e. The Bertz CT molecular complexity index is 1240. The summed E-state index contributed by atoms with van der Waals surface area (Å²) in [6.07, 6.45) is 3.06. The lowest BCUT2D eigenvalue weighted by atomic mass is 10.1. The SMILES string of the molecule is Cc1c2c(=O)n(-c3ncccn3)[nH]c2cc(=O)n1C(C)c1ccc(F)cc1. The van der Waals surface area contributed by atoms with Gasteiger partial charge in [-0.1, -0.05) is 12.1 Å². The van der Waals surface area contributed by atoms with Crippen molar-refractivity contribution in [3.05, 3.63) is 86.6 Å². The van der Waals surface area contributed by atoms with Gasteiger partial charge in [0.25, 0.3) is 17.1 Å². The molecule has 0 radical (unpaired) electrons. The summed E-state index contributed by atoms with van der Waals surface area (Å²) in [4.78, 5) is 33.8. The molecule has 0 aliphatic carbocycles. The molecule has 0 saturated heterocycles. The van der Waals surface area contributed by atoms with E-state index in [-0.39, 0.29) is 28.9 Å². The third-order valence-corrected chi connectivity index (χ3v) is 4.64. The molecule has 4 rings (SSSR count). The van der Waals surface area contributed by atoms with Crippen LogP contribution in [0.15, 0.2) is 58.4 Å². The highest BCUT2D eigenvalue weighted by atomic mass is 19.1. The number of nitrogens with zero attached hydrogens (tertiary/aromatic N) is 4. The molecule has 8 heteroatoms. The van der Waals surface area contributed by atoms with Crippen molar-refractivity contribution < 1.29 is 4.39 Å². The lowest BCUT2D eigenvalue weighted by molar-refractivity contribution is 0.594. The number of hydrogen-bond donors (Lipinski definition) is 1. The summed E-state index contributed by atoms with van der Waals surface area (Å²) in [5, 5.41) is 3.28. The second kappa shape index (κ2) is 6.31. The van der Waals surface area contributed by atoms with E-state index in [1.54, 1.807) is 25.1 Å². The zero-order valence-electron chi connectivity index (χ0n) is 14.7. The lowest BCUT2D eigenvalue weighted by Gasteiger charge is -2.18. The number of aromatic nitrogens is 5. The summed E-state index contributed by atoms with van der Waals surface area (Å²) in [7, 11) is 0. The Balaban J connectivity index is 1.93. The van der Waals surface area contributed by atoms with Gasteiger partial charge in [0, 0.05) is 24.2 Å². The molecule has 0 bridgehead atoms. The van der Waals surface area contributed by atoms with Crippen LogP contribution in [-0.4, -0.2) is 24.3 Å². The smallest absolute Gasteiger partial charge is 0.283 e. The highest BCUT2D eigenvalue weighted by molar-refractivity contribution is 5.80. The van der Waals surface area contributed by atoms with Crippen LogP contribution in [0.1, 0.15) is 24.2 Å². The highest BCUT2D eigenvalue weighted by Gasteiger charge is 2.19. The van der Waals surface area contributed by atoms with Crippen LogP contribution in [-0.2, 0) is 0 Å². The van der Waals surface area contributed by atoms with E-state index in [4.69, 9.17) is 0 Å². The second-order valence-corrected chi connectivity index (χ2v) is 6.26. The Morgan fingerprint density at radius 1 is 1.11 bits per heavy atom. The van der Waals surface area contributed by atoms with E-state index < -0.39 is 0 Å². The molecule has 0 saturated carbocycles. The van der Waals surface area contributed by atoms with Crippen molar-refractivity contribution >= 4 is 10.9 Å². The normalized spacial score (nSPS) is 12.4. The van der Waals surface area contributed by atoms with Crippen LogP contribution in [0.4, 0.5) is 4.39 Å². The number of aryl methyl sites for hydroxylation is 1. The average Bonchev–Trinajstić information content (AvgIpc) is 2.99. The summed E-state index contributed by atoms with van der Waals surface area (Å²) in [5.41, 5.74) is 1.10. The van der Waals surface area contributed by atoms with Gasteiger partial charge in [0.05, 0.1) is 16.9 Å². The predicted octanol–water partition coefficient (Wildman–Crippen LogP) is 2.33. The molecule has 3 heterocycles. The van der Waals surface area contributed by atoms with E-state index in [2.05, 4.69) is 15.1 Å².